The van der Waals surface area contributed by atoms with Crippen molar-refractivity contribution < 1.29 is 19.4 Å². The summed E-state index contributed by atoms with van der Waals surface area (Å²) in [6, 6.07) is 3.99. The zero-order chi connectivity index (χ0) is 11.5. The highest BCUT2D eigenvalue weighted by Crippen LogP contribution is 2.17. The molecule has 2 rings (SSSR count). The molecule has 0 aromatic carbocycles. The van der Waals surface area contributed by atoms with Crippen molar-refractivity contribution in [1.29, 1.82) is 0 Å². The third-order valence-corrected chi connectivity index (χ3v) is 2.26. The van der Waals surface area contributed by atoms with Crippen molar-refractivity contribution in [3.63, 3.8) is 0 Å². The maximum atomic E-state index is 11.6. The van der Waals surface area contributed by atoms with Crippen LogP contribution >= 0.6 is 0 Å². The third kappa shape index (κ3) is 1.87. The van der Waals surface area contributed by atoms with Gasteiger partial charge in [-0.3, -0.25) is 9.69 Å². The average Bonchev–Trinajstić information content (AvgIpc) is 2.29. The molecule has 2 heterocycles. The molecule has 0 radical (unpaired) electrons. The van der Waals surface area contributed by atoms with Gasteiger partial charge in [-0.15, -0.1) is 0 Å². The molecule has 6 heteroatoms. The van der Waals surface area contributed by atoms with Crippen LogP contribution in [0.1, 0.15) is 0 Å². The van der Waals surface area contributed by atoms with E-state index >= 15 is 0 Å². The van der Waals surface area contributed by atoms with Crippen molar-refractivity contribution in [3.05, 3.63) is 24.4 Å². The van der Waals surface area contributed by atoms with Crippen LogP contribution in [-0.2, 0) is 14.3 Å². The SMILES string of the molecule is O=C(O)C1COCC(=O)N1c1ccccn1. The summed E-state index contributed by atoms with van der Waals surface area (Å²) in [5.74, 6) is -1.15. The summed E-state index contributed by atoms with van der Waals surface area (Å²) >= 11 is 0. The molecule has 0 saturated carbocycles. The molecule has 1 aromatic heterocycles. The van der Waals surface area contributed by atoms with Crippen LogP contribution in [0.4, 0.5) is 5.82 Å². The van der Waals surface area contributed by atoms with Gasteiger partial charge in [0.15, 0.2) is 6.04 Å². The number of hydrogen-bond donors (Lipinski definition) is 1. The highest BCUT2D eigenvalue weighted by molar-refractivity contribution is 5.99. The van der Waals surface area contributed by atoms with E-state index in [4.69, 9.17) is 9.84 Å². The zero-order valence-corrected chi connectivity index (χ0v) is 8.37. The van der Waals surface area contributed by atoms with Crippen LogP contribution in [0.15, 0.2) is 24.4 Å². The summed E-state index contributed by atoms with van der Waals surface area (Å²) in [7, 11) is 0. The van der Waals surface area contributed by atoms with Crippen LogP contribution in [0, 0.1) is 0 Å². The molecular formula is C10H10N2O4. The number of anilines is 1. The number of ether oxygens (including phenoxy) is 1. The number of carbonyl (C=O) groups is 2. The zero-order valence-electron chi connectivity index (χ0n) is 8.37. The van der Waals surface area contributed by atoms with Crippen LogP contribution in [0.3, 0.4) is 0 Å². The largest absolute Gasteiger partial charge is 0.480 e. The second-order valence-electron chi connectivity index (χ2n) is 3.32. The predicted octanol–water partition coefficient (Wildman–Crippen LogP) is -0.102. The quantitative estimate of drug-likeness (QED) is 0.755. The van der Waals surface area contributed by atoms with Gasteiger partial charge in [-0.05, 0) is 12.1 Å². The summed E-state index contributed by atoms with van der Waals surface area (Å²) in [6.07, 6.45) is 1.51. The molecule has 1 unspecified atom stereocenters. The lowest BCUT2D eigenvalue weighted by atomic mass is 10.2. The maximum absolute atomic E-state index is 11.6. The first kappa shape index (κ1) is 10.6. The van der Waals surface area contributed by atoms with Crippen molar-refractivity contribution in [1.82, 2.24) is 4.98 Å². The van der Waals surface area contributed by atoms with E-state index < -0.39 is 17.9 Å². The number of hydrogen-bond acceptors (Lipinski definition) is 4. The number of carboxylic acid groups (broad SMARTS) is 1. The highest BCUT2D eigenvalue weighted by atomic mass is 16.5. The molecule has 0 aliphatic carbocycles. The van der Waals surface area contributed by atoms with E-state index in [1.54, 1.807) is 18.2 Å². The Balaban J connectivity index is 2.34. The van der Waals surface area contributed by atoms with Crippen LogP contribution in [0.2, 0.25) is 0 Å². The molecule has 16 heavy (non-hydrogen) atoms. The molecule has 1 aromatic rings. The van der Waals surface area contributed by atoms with Gasteiger partial charge in [0.25, 0.3) is 5.91 Å². The lowest BCUT2D eigenvalue weighted by Gasteiger charge is -2.31. The van der Waals surface area contributed by atoms with Gasteiger partial charge >= 0.3 is 5.97 Å². The standard InChI is InChI=1S/C10H10N2O4/c13-9-6-16-5-7(10(14)15)12(9)8-3-1-2-4-11-8/h1-4,7H,5-6H2,(H,14,15). The molecule has 1 aliphatic heterocycles. The van der Waals surface area contributed by atoms with Crippen molar-refractivity contribution >= 4 is 17.7 Å². The first-order valence-corrected chi connectivity index (χ1v) is 4.74. The fourth-order valence-corrected chi connectivity index (χ4v) is 1.54. The van der Waals surface area contributed by atoms with Gasteiger partial charge in [0.05, 0.1) is 6.61 Å². The second-order valence-corrected chi connectivity index (χ2v) is 3.32. The van der Waals surface area contributed by atoms with Crippen molar-refractivity contribution in [2.75, 3.05) is 18.1 Å². The van der Waals surface area contributed by atoms with Gasteiger partial charge < -0.3 is 9.84 Å². The second kappa shape index (κ2) is 4.28. The van der Waals surface area contributed by atoms with E-state index in [2.05, 4.69) is 4.98 Å². The van der Waals surface area contributed by atoms with E-state index in [-0.39, 0.29) is 13.2 Å². The Morgan fingerprint density at radius 3 is 3.00 bits per heavy atom. The van der Waals surface area contributed by atoms with Gasteiger partial charge in [-0.25, -0.2) is 9.78 Å². The summed E-state index contributed by atoms with van der Waals surface area (Å²) in [5, 5.41) is 8.99. The normalized spacial score (nSPS) is 20.9. The van der Waals surface area contributed by atoms with Crippen LogP contribution in [0.25, 0.3) is 0 Å². The number of morpholine rings is 1. The lowest BCUT2D eigenvalue weighted by Crippen LogP contribution is -2.53. The van der Waals surface area contributed by atoms with Gasteiger partial charge in [0, 0.05) is 6.20 Å². The average molecular weight is 222 g/mol. The van der Waals surface area contributed by atoms with E-state index in [1.807, 2.05) is 0 Å². The van der Waals surface area contributed by atoms with Gasteiger partial charge in [0.1, 0.15) is 12.4 Å². The first-order valence-electron chi connectivity index (χ1n) is 4.74. The minimum atomic E-state index is -1.10. The van der Waals surface area contributed by atoms with Crippen LogP contribution in [0.5, 0.6) is 0 Å². The Labute approximate surface area is 91.5 Å². The van der Waals surface area contributed by atoms with Gasteiger partial charge in [-0.1, -0.05) is 6.07 Å². The number of nitrogens with zero attached hydrogens (tertiary/aromatic N) is 2. The molecule has 1 aliphatic rings. The van der Waals surface area contributed by atoms with E-state index in [0.29, 0.717) is 5.82 Å². The van der Waals surface area contributed by atoms with Crippen molar-refractivity contribution in [2.24, 2.45) is 0 Å². The van der Waals surface area contributed by atoms with E-state index in [0.717, 1.165) is 4.90 Å². The monoisotopic (exact) mass is 222 g/mol. The molecule has 84 valence electrons. The molecular weight excluding hydrogens is 212 g/mol. The summed E-state index contributed by atoms with van der Waals surface area (Å²) < 4.78 is 4.91. The molecule has 1 N–H and O–H groups in total. The van der Waals surface area contributed by atoms with Crippen LogP contribution in [-0.4, -0.2) is 41.2 Å². The summed E-state index contributed by atoms with van der Waals surface area (Å²) in [5.41, 5.74) is 0. The topological polar surface area (TPSA) is 79.7 Å². The van der Waals surface area contributed by atoms with Crippen LogP contribution < -0.4 is 4.90 Å². The predicted molar refractivity (Wildman–Crippen MR) is 54.0 cm³/mol. The fourth-order valence-electron chi connectivity index (χ4n) is 1.54. The highest BCUT2D eigenvalue weighted by Gasteiger charge is 2.35. The van der Waals surface area contributed by atoms with Gasteiger partial charge in [0.2, 0.25) is 0 Å². The summed E-state index contributed by atoms with van der Waals surface area (Å²) in [4.78, 5) is 27.7. The Kier molecular flexibility index (Phi) is 2.82. The molecule has 6 nitrogen and oxygen atoms in total. The Bertz CT molecular complexity index is 407. The Morgan fingerprint density at radius 2 is 2.38 bits per heavy atom. The number of rotatable bonds is 2. The number of carbonyl (C=O) groups excluding carboxylic acids is 1. The first-order chi connectivity index (χ1) is 7.70. The minimum absolute atomic E-state index is 0.0162. The molecule has 1 atom stereocenters. The lowest BCUT2D eigenvalue weighted by molar-refractivity contribution is -0.145. The number of pyridine rings is 1. The molecule has 1 saturated heterocycles. The molecule has 1 fully saturated rings. The fraction of sp³-hybridized carbons (Fsp3) is 0.300. The number of aromatic nitrogens is 1. The Hall–Kier alpha value is -1.95. The maximum Gasteiger partial charge on any atom is 0.329 e. The van der Waals surface area contributed by atoms with Crippen molar-refractivity contribution in [3.8, 4) is 0 Å². The molecule has 0 bridgehead atoms. The summed E-state index contributed by atoms with van der Waals surface area (Å²) in [6.45, 7) is -0.127. The molecule has 1 amide bonds. The number of carboxylic acids is 1. The van der Waals surface area contributed by atoms with E-state index in [1.165, 1.54) is 6.20 Å². The third-order valence-electron chi connectivity index (χ3n) is 2.26. The Morgan fingerprint density at radius 1 is 1.56 bits per heavy atom. The van der Waals surface area contributed by atoms with Gasteiger partial charge in [-0.2, -0.15) is 0 Å². The number of amides is 1. The molecule has 0 spiro atoms. The van der Waals surface area contributed by atoms with Crippen molar-refractivity contribution in [2.45, 2.75) is 6.04 Å². The van der Waals surface area contributed by atoms with E-state index in [9.17, 15) is 9.59 Å². The smallest absolute Gasteiger partial charge is 0.329 e. The number of aliphatic carboxylic acids is 1. The minimum Gasteiger partial charge on any atom is -0.480 e.